The highest BCUT2D eigenvalue weighted by atomic mass is 16.5. The number of rotatable bonds is 3. The van der Waals surface area contributed by atoms with Gasteiger partial charge < -0.3 is 14.5 Å². The van der Waals surface area contributed by atoms with E-state index in [4.69, 9.17) is 4.74 Å². The van der Waals surface area contributed by atoms with Crippen LogP contribution in [-0.2, 0) is 9.53 Å². The summed E-state index contributed by atoms with van der Waals surface area (Å²) in [6.45, 7) is 5.81. The predicted octanol–water partition coefficient (Wildman–Crippen LogP) is 1.46. The van der Waals surface area contributed by atoms with Gasteiger partial charge in [0.1, 0.15) is 0 Å². The molecule has 2 fully saturated rings. The summed E-state index contributed by atoms with van der Waals surface area (Å²) in [5.41, 5.74) is 0.728. The summed E-state index contributed by atoms with van der Waals surface area (Å²) >= 11 is 0. The molecule has 0 N–H and O–H groups in total. The van der Waals surface area contributed by atoms with Crippen molar-refractivity contribution in [3.8, 4) is 0 Å². The summed E-state index contributed by atoms with van der Waals surface area (Å²) in [7, 11) is 0. The van der Waals surface area contributed by atoms with Gasteiger partial charge in [0.2, 0.25) is 5.91 Å². The molecule has 2 aromatic rings. The number of morpholine rings is 1. The first-order valence-corrected chi connectivity index (χ1v) is 9.57. The van der Waals surface area contributed by atoms with E-state index in [1.807, 2.05) is 52.3 Å². The predicted molar refractivity (Wildman–Crippen MR) is 104 cm³/mol. The molecule has 4 rings (SSSR count). The Hall–Kier alpha value is -2.44. The lowest BCUT2D eigenvalue weighted by Crippen LogP contribution is -2.52. The van der Waals surface area contributed by atoms with Crippen LogP contribution in [0.1, 0.15) is 10.4 Å². The Morgan fingerprint density at radius 1 is 0.815 bits per heavy atom. The van der Waals surface area contributed by atoms with Crippen LogP contribution in [0.2, 0.25) is 0 Å². The first kappa shape index (κ1) is 17.9. The van der Waals surface area contributed by atoms with Gasteiger partial charge in [-0.15, -0.1) is 0 Å². The van der Waals surface area contributed by atoms with Crippen molar-refractivity contribution in [3.63, 3.8) is 0 Å². The average Bonchev–Trinajstić information content (AvgIpc) is 2.74. The van der Waals surface area contributed by atoms with E-state index >= 15 is 0 Å². The highest BCUT2D eigenvalue weighted by Crippen LogP contribution is 2.17. The van der Waals surface area contributed by atoms with Gasteiger partial charge in [0.05, 0.1) is 19.8 Å². The molecule has 0 bridgehead atoms. The van der Waals surface area contributed by atoms with Crippen molar-refractivity contribution in [1.29, 1.82) is 0 Å². The van der Waals surface area contributed by atoms with Crippen LogP contribution < -0.4 is 0 Å². The fourth-order valence-electron chi connectivity index (χ4n) is 3.72. The first-order chi connectivity index (χ1) is 13.2. The van der Waals surface area contributed by atoms with Crippen LogP contribution in [0.25, 0.3) is 10.8 Å². The van der Waals surface area contributed by atoms with Crippen molar-refractivity contribution in [2.24, 2.45) is 0 Å². The number of piperazine rings is 1. The second kappa shape index (κ2) is 8.06. The quantitative estimate of drug-likeness (QED) is 0.824. The van der Waals surface area contributed by atoms with Crippen molar-refractivity contribution in [2.75, 3.05) is 59.0 Å². The fourth-order valence-corrected chi connectivity index (χ4v) is 3.72. The van der Waals surface area contributed by atoms with Crippen LogP contribution in [0.15, 0.2) is 42.5 Å². The summed E-state index contributed by atoms with van der Waals surface area (Å²) in [6.07, 6.45) is 0. The highest BCUT2D eigenvalue weighted by molar-refractivity contribution is 5.98. The van der Waals surface area contributed by atoms with E-state index in [0.717, 1.165) is 29.4 Å². The number of carbonyl (C=O) groups is 2. The standard InChI is InChI=1S/C21H25N3O3/c25-20(23-11-13-27-14-12-23)16-22-7-9-24(10-8-22)21(26)19-6-5-17-3-1-2-4-18(17)15-19/h1-6,15H,7-14,16H2. The molecule has 0 spiro atoms. The molecule has 6 nitrogen and oxygen atoms in total. The van der Waals surface area contributed by atoms with Crippen LogP contribution in [-0.4, -0.2) is 85.5 Å². The first-order valence-electron chi connectivity index (χ1n) is 9.57. The summed E-state index contributed by atoms with van der Waals surface area (Å²) < 4.78 is 5.30. The topological polar surface area (TPSA) is 53.1 Å². The Kier molecular flexibility index (Phi) is 5.36. The molecular formula is C21H25N3O3. The second-order valence-corrected chi connectivity index (χ2v) is 7.12. The third-order valence-corrected chi connectivity index (χ3v) is 5.38. The summed E-state index contributed by atoms with van der Waals surface area (Å²) in [5.74, 6) is 0.229. The molecule has 6 heteroatoms. The van der Waals surface area contributed by atoms with E-state index < -0.39 is 0 Å². The molecule has 2 heterocycles. The number of hydrogen-bond acceptors (Lipinski definition) is 4. The molecule has 0 unspecified atom stereocenters. The Bertz CT molecular complexity index is 824. The Balaban J connectivity index is 1.32. The zero-order chi connectivity index (χ0) is 18.6. The molecule has 0 atom stereocenters. The van der Waals surface area contributed by atoms with Crippen LogP contribution in [0, 0.1) is 0 Å². The number of fused-ring (bicyclic) bond motifs is 1. The van der Waals surface area contributed by atoms with E-state index in [-0.39, 0.29) is 11.8 Å². The summed E-state index contributed by atoms with van der Waals surface area (Å²) in [4.78, 5) is 31.1. The largest absolute Gasteiger partial charge is 0.378 e. The molecule has 2 saturated heterocycles. The lowest BCUT2D eigenvalue weighted by Gasteiger charge is -2.36. The average molecular weight is 367 g/mol. The number of carbonyl (C=O) groups excluding carboxylic acids is 2. The normalized spacial score (nSPS) is 18.7. The summed E-state index contributed by atoms with van der Waals surface area (Å²) in [6, 6.07) is 13.9. The molecular weight excluding hydrogens is 342 g/mol. The number of ether oxygens (including phenoxy) is 1. The van der Waals surface area contributed by atoms with E-state index in [2.05, 4.69) is 4.90 Å². The Labute approximate surface area is 159 Å². The van der Waals surface area contributed by atoms with Gasteiger partial charge in [-0.2, -0.15) is 0 Å². The van der Waals surface area contributed by atoms with Crippen molar-refractivity contribution < 1.29 is 14.3 Å². The molecule has 2 aliphatic rings. The Morgan fingerprint density at radius 2 is 1.52 bits per heavy atom. The highest BCUT2D eigenvalue weighted by Gasteiger charge is 2.25. The summed E-state index contributed by atoms with van der Waals surface area (Å²) in [5, 5.41) is 2.22. The van der Waals surface area contributed by atoms with Crippen molar-refractivity contribution in [1.82, 2.24) is 14.7 Å². The molecule has 0 aromatic heterocycles. The molecule has 2 amide bonds. The lowest BCUT2D eigenvalue weighted by atomic mass is 10.1. The van der Waals surface area contributed by atoms with Gasteiger partial charge in [0.25, 0.3) is 5.91 Å². The van der Waals surface area contributed by atoms with Gasteiger partial charge >= 0.3 is 0 Å². The van der Waals surface area contributed by atoms with Crippen molar-refractivity contribution in [2.45, 2.75) is 0 Å². The molecule has 2 aliphatic heterocycles. The van der Waals surface area contributed by atoms with E-state index in [1.165, 1.54) is 0 Å². The van der Waals surface area contributed by atoms with Crippen LogP contribution >= 0.6 is 0 Å². The molecule has 0 aliphatic carbocycles. The van der Waals surface area contributed by atoms with Crippen LogP contribution in [0.4, 0.5) is 0 Å². The third-order valence-electron chi connectivity index (χ3n) is 5.38. The minimum absolute atomic E-state index is 0.0694. The minimum Gasteiger partial charge on any atom is -0.378 e. The van der Waals surface area contributed by atoms with Crippen LogP contribution in [0.5, 0.6) is 0 Å². The molecule has 0 radical (unpaired) electrons. The van der Waals surface area contributed by atoms with Crippen LogP contribution in [0.3, 0.4) is 0 Å². The maximum Gasteiger partial charge on any atom is 0.253 e. The van der Waals surface area contributed by atoms with Gasteiger partial charge in [0, 0.05) is 44.8 Å². The van der Waals surface area contributed by atoms with Crippen molar-refractivity contribution >= 4 is 22.6 Å². The van der Waals surface area contributed by atoms with Crippen molar-refractivity contribution in [3.05, 3.63) is 48.0 Å². The van der Waals surface area contributed by atoms with E-state index in [9.17, 15) is 9.59 Å². The molecule has 0 saturated carbocycles. The molecule has 2 aromatic carbocycles. The molecule has 27 heavy (non-hydrogen) atoms. The zero-order valence-electron chi connectivity index (χ0n) is 15.5. The van der Waals surface area contributed by atoms with E-state index in [0.29, 0.717) is 45.9 Å². The number of hydrogen-bond donors (Lipinski definition) is 0. The third kappa shape index (κ3) is 4.12. The number of nitrogens with zero attached hydrogens (tertiary/aromatic N) is 3. The second-order valence-electron chi connectivity index (χ2n) is 7.12. The van der Waals surface area contributed by atoms with Gasteiger partial charge in [-0.05, 0) is 22.9 Å². The van der Waals surface area contributed by atoms with Gasteiger partial charge in [0.15, 0.2) is 0 Å². The van der Waals surface area contributed by atoms with Gasteiger partial charge in [-0.25, -0.2) is 0 Å². The lowest BCUT2D eigenvalue weighted by molar-refractivity contribution is -0.136. The monoisotopic (exact) mass is 367 g/mol. The van der Waals surface area contributed by atoms with Gasteiger partial charge in [-0.3, -0.25) is 14.5 Å². The maximum absolute atomic E-state index is 12.8. The smallest absolute Gasteiger partial charge is 0.253 e. The number of benzene rings is 2. The SMILES string of the molecule is O=C(CN1CCN(C(=O)c2ccc3ccccc3c2)CC1)N1CCOCC1. The maximum atomic E-state index is 12.8. The minimum atomic E-state index is 0.0694. The number of amides is 2. The molecule has 142 valence electrons. The fraction of sp³-hybridized carbons (Fsp3) is 0.429. The van der Waals surface area contributed by atoms with E-state index in [1.54, 1.807) is 0 Å². The van der Waals surface area contributed by atoms with Gasteiger partial charge in [-0.1, -0.05) is 30.3 Å². The zero-order valence-corrected chi connectivity index (χ0v) is 15.5. The Morgan fingerprint density at radius 3 is 2.26 bits per heavy atom.